The molecule has 0 bridgehead atoms. The number of ether oxygens (including phenoxy) is 2. The number of anilines is 1. The third kappa shape index (κ3) is 6.14. The van der Waals surface area contributed by atoms with Crippen molar-refractivity contribution in [3.8, 4) is 5.75 Å². The molecule has 1 aromatic heterocycles. The zero-order valence-corrected chi connectivity index (χ0v) is 23.0. The summed E-state index contributed by atoms with van der Waals surface area (Å²) in [6, 6.07) is 13.9. The summed E-state index contributed by atoms with van der Waals surface area (Å²) < 4.78 is 42.1. The molecule has 2 fully saturated rings. The van der Waals surface area contributed by atoms with Crippen LogP contribution in [0.5, 0.6) is 5.75 Å². The van der Waals surface area contributed by atoms with Gasteiger partial charge in [0.05, 0.1) is 35.8 Å². The predicted octanol–water partition coefficient (Wildman–Crippen LogP) is 5.36. The molecule has 0 spiro atoms. The highest BCUT2D eigenvalue weighted by Gasteiger charge is 2.25. The van der Waals surface area contributed by atoms with Crippen molar-refractivity contribution in [2.24, 2.45) is 0 Å². The van der Waals surface area contributed by atoms with Gasteiger partial charge < -0.3 is 24.0 Å². The van der Waals surface area contributed by atoms with Crippen LogP contribution in [0.15, 0.2) is 54.6 Å². The molecule has 3 heterocycles. The van der Waals surface area contributed by atoms with Crippen molar-refractivity contribution in [2.45, 2.75) is 32.2 Å². The highest BCUT2D eigenvalue weighted by Crippen LogP contribution is 2.27. The molecule has 0 unspecified atom stereocenters. The fraction of sp³-hybridized carbons (Fsp3) is 0.333. The Bertz CT molecular complexity index is 1580. The third-order valence-corrected chi connectivity index (χ3v) is 7.86. The Hall–Kier alpha value is -3.73. The summed E-state index contributed by atoms with van der Waals surface area (Å²) in [4.78, 5) is 20.8. The van der Waals surface area contributed by atoms with Gasteiger partial charge in [0, 0.05) is 61.2 Å². The Kier molecular flexibility index (Phi) is 7.79. The molecule has 0 saturated carbocycles. The number of imidazole rings is 1. The van der Waals surface area contributed by atoms with E-state index in [0.29, 0.717) is 48.2 Å². The lowest BCUT2D eigenvalue weighted by molar-refractivity contribution is -0.0592. The number of nitrogens with zero attached hydrogens (tertiary/aromatic N) is 4. The van der Waals surface area contributed by atoms with E-state index in [1.165, 1.54) is 18.2 Å². The van der Waals surface area contributed by atoms with Gasteiger partial charge in [0.25, 0.3) is 0 Å². The highest BCUT2D eigenvalue weighted by molar-refractivity contribution is 6.30. The smallest absolute Gasteiger partial charge is 0.335 e. The third-order valence-electron chi connectivity index (χ3n) is 7.62. The van der Waals surface area contributed by atoms with Gasteiger partial charge in [0.2, 0.25) is 0 Å². The van der Waals surface area contributed by atoms with Gasteiger partial charge in [-0.3, -0.25) is 4.90 Å². The van der Waals surface area contributed by atoms with Crippen molar-refractivity contribution in [1.29, 1.82) is 0 Å². The van der Waals surface area contributed by atoms with Crippen LogP contribution in [0.25, 0.3) is 11.0 Å². The quantitative estimate of drug-likeness (QED) is 0.285. The number of aromatic nitrogens is 2. The SMILES string of the molecule is O=C(O)c1ccc2nc(CN3CCN(c4cc(F)cc(OCc5ccc(Cl)cc5F)c4)CC3)n(C[C@@H]3CCO3)c2c1. The standard InChI is InChI=1S/C30H29ClF2N4O4/c31-21-3-1-20(26(33)12-21)18-41-25-14-22(32)13-23(15-25)36-8-6-35(7-9-36)17-29-34-27-4-2-19(30(38)39)11-28(27)37(29)16-24-5-10-40-24/h1-4,11-15,24H,5-10,16-18H2,(H,38,39)/t24-/m0/s1. The normalized spacial score (nSPS) is 17.5. The molecule has 2 aliphatic heterocycles. The number of halogens is 3. The molecule has 0 aliphatic carbocycles. The van der Waals surface area contributed by atoms with E-state index < -0.39 is 17.6 Å². The summed E-state index contributed by atoms with van der Waals surface area (Å²) in [6.45, 7) is 4.72. The van der Waals surface area contributed by atoms with E-state index in [-0.39, 0.29) is 18.3 Å². The maximum Gasteiger partial charge on any atom is 0.335 e. The first-order chi connectivity index (χ1) is 19.8. The number of carboxylic acids is 1. The number of hydrogen-bond donors (Lipinski definition) is 1. The molecule has 2 saturated heterocycles. The number of hydrogen-bond acceptors (Lipinski definition) is 6. The monoisotopic (exact) mass is 582 g/mol. The summed E-state index contributed by atoms with van der Waals surface area (Å²) in [7, 11) is 0. The minimum Gasteiger partial charge on any atom is -0.489 e. The van der Waals surface area contributed by atoms with Crippen LogP contribution in [0.2, 0.25) is 5.02 Å². The minimum atomic E-state index is -0.972. The van der Waals surface area contributed by atoms with Crippen LogP contribution in [0.1, 0.15) is 28.2 Å². The molecule has 214 valence electrons. The highest BCUT2D eigenvalue weighted by atomic mass is 35.5. The lowest BCUT2D eigenvalue weighted by atomic mass is 10.1. The second-order valence-corrected chi connectivity index (χ2v) is 10.8. The predicted molar refractivity (Wildman–Crippen MR) is 151 cm³/mol. The van der Waals surface area contributed by atoms with E-state index in [2.05, 4.69) is 14.4 Å². The van der Waals surface area contributed by atoms with Crippen molar-refractivity contribution >= 4 is 34.3 Å². The number of benzene rings is 3. The first-order valence-electron chi connectivity index (χ1n) is 13.5. The maximum atomic E-state index is 14.5. The fourth-order valence-electron chi connectivity index (χ4n) is 5.24. The van der Waals surface area contributed by atoms with Crippen molar-refractivity contribution in [3.05, 3.63) is 88.2 Å². The molecule has 1 N–H and O–H groups in total. The van der Waals surface area contributed by atoms with E-state index in [1.54, 1.807) is 36.4 Å². The number of carboxylic acid groups (broad SMARTS) is 1. The van der Waals surface area contributed by atoms with Gasteiger partial charge >= 0.3 is 5.97 Å². The van der Waals surface area contributed by atoms with Crippen LogP contribution >= 0.6 is 11.6 Å². The van der Waals surface area contributed by atoms with E-state index in [9.17, 15) is 18.7 Å². The van der Waals surface area contributed by atoms with Gasteiger partial charge in [-0.2, -0.15) is 0 Å². The molecule has 8 nitrogen and oxygen atoms in total. The minimum absolute atomic E-state index is 0.0411. The van der Waals surface area contributed by atoms with Crippen molar-refractivity contribution in [2.75, 3.05) is 37.7 Å². The molecule has 0 radical (unpaired) electrons. The van der Waals surface area contributed by atoms with Gasteiger partial charge in [-0.05, 0) is 42.8 Å². The lowest BCUT2D eigenvalue weighted by Crippen LogP contribution is -2.46. The number of piperazine rings is 1. The zero-order chi connectivity index (χ0) is 28.5. The average Bonchev–Trinajstić information content (AvgIpc) is 3.26. The molecule has 11 heteroatoms. The van der Waals surface area contributed by atoms with Gasteiger partial charge in [-0.1, -0.05) is 17.7 Å². The van der Waals surface area contributed by atoms with Crippen LogP contribution in [0.4, 0.5) is 14.5 Å². The molecule has 2 aliphatic rings. The fourth-order valence-corrected chi connectivity index (χ4v) is 5.40. The van der Waals surface area contributed by atoms with Crippen LogP contribution in [-0.2, 0) is 24.4 Å². The Labute approximate surface area is 240 Å². The van der Waals surface area contributed by atoms with Gasteiger partial charge in [-0.25, -0.2) is 18.6 Å². The number of rotatable bonds is 9. The molecular formula is C30H29ClF2N4O4. The first kappa shape index (κ1) is 27.4. The summed E-state index contributed by atoms with van der Waals surface area (Å²) in [5.41, 5.74) is 2.81. The second kappa shape index (κ2) is 11.6. The number of carbonyl (C=O) groups is 1. The molecule has 0 amide bonds. The van der Waals surface area contributed by atoms with Crippen molar-refractivity contribution in [3.63, 3.8) is 0 Å². The van der Waals surface area contributed by atoms with Crippen LogP contribution < -0.4 is 9.64 Å². The largest absolute Gasteiger partial charge is 0.489 e. The van der Waals surface area contributed by atoms with E-state index >= 15 is 0 Å². The molecule has 3 aromatic carbocycles. The first-order valence-corrected chi connectivity index (χ1v) is 13.9. The van der Waals surface area contributed by atoms with Gasteiger partial charge in [-0.15, -0.1) is 0 Å². The lowest BCUT2D eigenvalue weighted by Gasteiger charge is -2.36. The Morgan fingerprint density at radius 3 is 2.59 bits per heavy atom. The van der Waals surface area contributed by atoms with Gasteiger partial charge in [0.15, 0.2) is 0 Å². The molecule has 6 rings (SSSR count). The molecule has 41 heavy (non-hydrogen) atoms. The molecule has 4 aromatic rings. The summed E-state index contributed by atoms with van der Waals surface area (Å²) in [6.07, 6.45) is 1.06. The van der Waals surface area contributed by atoms with E-state index in [4.69, 9.17) is 26.1 Å². The number of aromatic carboxylic acids is 1. The topological polar surface area (TPSA) is 80.1 Å². The summed E-state index contributed by atoms with van der Waals surface area (Å²) >= 11 is 5.82. The molecule has 1 atom stereocenters. The second-order valence-electron chi connectivity index (χ2n) is 10.4. The summed E-state index contributed by atoms with van der Waals surface area (Å²) in [5.74, 6) is -0.683. The van der Waals surface area contributed by atoms with Crippen molar-refractivity contribution < 1.29 is 28.2 Å². The summed E-state index contributed by atoms with van der Waals surface area (Å²) in [5, 5.41) is 9.78. The Morgan fingerprint density at radius 1 is 1.07 bits per heavy atom. The Balaban J connectivity index is 1.13. The van der Waals surface area contributed by atoms with Gasteiger partial charge in [0.1, 0.15) is 29.8 Å². The zero-order valence-electron chi connectivity index (χ0n) is 22.2. The average molecular weight is 583 g/mol. The van der Waals surface area contributed by atoms with Crippen LogP contribution in [0, 0.1) is 11.6 Å². The van der Waals surface area contributed by atoms with Crippen molar-refractivity contribution in [1.82, 2.24) is 14.5 Å². The van der Waals surface area contributed by atoms with Crippen LogP contribution in [-0.4, -0.2) is 64.4 Å². The Morgan fingerprint density at radius 2 is 1.88 bits per heavy atom. The van der Waals surface area contributed by atoms with E-state index in [0.717, 1.165) is 43.0 Å². The number of fused-ring (bicyclic) bond motifs is 1. The van der Waals surface area contributed by atoms with E-state index in [1.807, 2.05) is 0 Å². The maximum absolute atomic E-state index is 14.5. The van der Waals surface area contributed by atoms with Crippen LogP contribution in [0.3, 0.4) is 0 Å². The molecular weight excluding hydrogens is 554 g/mol.